The van der Waals surface area contributed by atoms with Crippen LogP contribution in [0.1, 0.15) is 24.8 Å². The molecule has 1 aromatic rings. The quantitative estimate of drug-likeness (QED) is 0.445. The topological polar surface area (TPSA) is 49.6 Å². The minimum Gasteiger partial charge on any atom is -0.373 e. The molecule has 21 heavy (non-hydrogen) atoms. The van der Waals surface area contributed by atoms with Gasteiger partial charge in [-0.1, -0.05) is 15.9 Å². The van der Waals surface area contributed by atoms with Crippen LogP contribution in [0.4, 0.5) is 11.4 Å². The van der Waals surface area contributed by atoms with Crippen molar-refractivity contribution in [3.8, 4) is 0 Å². The Balaban J connectivity index is 2.19. The second-order valence-electron chi connectivity index (χ2n) is 6.03. The Kier molecular flexibility index (Phi) is 4.88. The van der Waals surface area contributed by atoms with Crippen LogP contribution in [0, 0.1) is 10.1 Å². The van der Waals surface area contributed by atoms with Gasteiger partial charge in [0.05, 0.1) is 4.92 Å². The van der Waals surface area contributed by atoms with E-state index < -0.39 is 0 Å². The van der Waals surface area contributed by atoms with E-state index in [9.17, 15) is 10.1 Å². The zero-order valence-corrected chi connectivity index (χ0v) is 14.4. The maximum Gasteiger partial charge on any atom is 0.273 e. The van der Waals surface area contributed by atoms with Crippen LogP contribution in [0.3, 0.4) is 0 Å². The molecular formula is C15H22BrN3O2. The van der Waals surface area contributed by atoms with Gasteiger partial charge >= 0.3 is 0 Å². The van der Waals surface area contributed by atoms with Crippen LogP contribution < -0.4 is 4.90 Å². The van der Waals surface area contributed by atoms with Crippen LogP contribution >= 0.6 is 15.9 Å². The summed E-state index contributed by atoms with van der Waals surface area (Å²) >= 11 is 3.34. The minimum absolute atomic E-state index is 0.176. The van der Waals surface area contributed by atoms with Crippen molar-refractivity contribution in [3.05, 3.63) is 33.9 Å². The third-order valence-corrected chi connectivity index (χ3v) is 5.21. The van der Waals surface area contributed by atoms with Gasteiger partial charge in [0, 0.05) is 41.8 Å². The predicted octanol–water partition coefficient (Wildman–Crippen LogP) is 3.41. The third kappa shape index (κ3) is 3.21. The molecule has 1 fully saturated rings. The Morgan fingerprint density at radius 1 is 1.33 bits per heavy atom. The number of nitro groups is 1. The Labute approximate surface area is 134 Å². The fraction of sp³-hybridized carbons (Fsp3) is 0.600. The maximum absolute atomic E-state index is 11.0. The van der Waals surface area contributed by atoms with Gasteiger partial charge in [0.15, 0.2) is 0 Å². The van der Waals surface area contributed by atoms with Crippen molar-refractivity contribution < 1.29 is 4.92 Å². The predicted molar refractivity (Wildman–Crippen MR) is 89.3 cm³/mol. The highest BCUT2D eigenvalue weighted by atomic mass is 79.9. The van der Waals surface area contributed by atoms with Crippen LogP contribution in [0.2, 0.25) is 0 Å². The van der Waals surface area contributed by atoms with E-state index in [0.29, 0.717) is 5.33 Å². The van der Waals surface area contributed by atoms with E-state index in [0.717, 1.165) is 17.8 Å². The lowest BCUT2D eigenvalue weighted by molar-refractivity contribution is -0.385. The number of rotatable bonds is 6. The first-order valence-electron chi connectivity index (χ1n) is 7.11. The summed E-state index contributed by atoms with van der Waals surface area (Å²) in [6.07, 6.45) is 3.70. The molecule has 1 aliphatic rings. The van der Waals surface area contributed by atoms with E-state index >= 15 is 0 Å². The minimum atomic E-state index is -0.326. The van der Waals surface area contributed by atoms with Crippen molar-refractivity contribution in [3.63, 3.8) is 0 Å². The first kappa shape index (κ1) is 16.2. The fourth-order valence-electron chi connectivity index (χ4n) is 2.96. The number of hydrogen-bond donors (Lipinski definition) is 0. The van der Waals surface area contributed by atoms with Gasteiger partial charge in [-0.05, 0) is 45.5 Å². The first-order valence-corrected chi connectivity index (χ1v) is 8.23. The number of benzene rings is 1. The van der Waals surface area contributed by atoms with Crippen molar-refractivity contribution in [1.82, 2.24) is 4.90 Å². The molecule has 6 heteroatoms. The second-order valence-corrected chi connectivity index (χ2v) is 6.59. The standard InChI is InChI=1S/C15H22BrN3O2/c1-17(2)15(7-4-8-15)11-18(3)13-5-6-14(19(20)21)12(9-13)10-16/h5-6,9H,4,7-8,10-11H2,1-3H3. The number of anilines is 1. The molecule has 0 spiro atoms. The average molecular weight is 356 g/mol. The lowest BCUT2D eigenvalue weighted by Crippen LogP contribution is -2.56. The number of halogens is 1. The first-order chi connectivity index (χ1) is 9.89. The Morgan fingerprint density at radius 2 is 2.00 bits per heavy atom. The summed E-state index contributed by atoms with van der Waals surface area (Å²) in [4.78, 5) is 15.2. The van der Waals surface area contributed by atoms with Crippen LogP contribution in [0.5, 0.6) is 0 Å². The molecule has 0 amide bonds. The highest BCUT2D eigenvalue weighted by Gasteiger charge is 2.40. The molecule has 2 rings (SSSR count). The molecule has 0 N–H and O–H groups in total. The molecule has 0 aliphatic heterocycles. The van der Waals surface area contributed by atoms with Crippen LogP contribution in [0.15, 0.2) is 18.2 Å². The van der Waals surface area contributed by atoms with Gasteiger partial charge in [-0.2, -0.15) is 0 Å². The van der Waals surface area contributed by atoms with Crippen LogP contribution in [-0.2, 0) is 5.33 Å². The molecule has 1 aliphatic carbocycles. The molecule has 0 radical (unpaired) electrons. The monoisotopic (exact) mass is 355 g/mol. The number of hydrogen-bond acceptors (Lipinski definition) is 4. The number of nitro benzene ring substituents is 1. The van der Waals surface area contributed by atoms with Crippen molar-refractivity contribution in [2.75, 3.05) is 32.6 Å². The SMILES string of the molecule is CN(CC1(N(C)C)CCC1)c1ccc([N+](=O)[O-])c(CBr)c1. The lowest BCUT2D eigenvalue weighted by Gasteiger charge is -2.49. The normalized spacial score (nSPS) is 16.6. The Morgan fingerprint density at radius 3 is 2.43 bits per heavy atom. The molecule has 1 aromatic carbocycles. The van der Waals surface area contributed by atoms with Gasteiger partial charge in [0.25, 0.3) is 5.69 Å². The fourth-order valence-corrected chi connectivity index (χ4v) is 3.41. The largest absolute Gasteiger partial charge is 0.373 e. The van der Waals surface area contributed by atoms with E-state index in [1.807, 2.05) is 12.1 Å². The number of alkyl halides is 1. The van der Waals surface area contributed by atoms with Crippen molar-refractivity contribution in [1.29, 1.82) is 0 Å². The summed E-state index contributed by atoms with van der Waals surface area (Å²) in [7, 11) is 6.32. The van der Waals surface area contributed by atoms with Gasteiger partial charge in [0.2, 0.25) is 0 Å². The molecular weight excluding hydrogens is 334 g/mol. The van der Waals surface area contributed by atoms with E-state index in [2.05, 4.69) is 46.9 Å². The molecule has 1 saturated carbocycles. The summed E-state index contributed by atoms with van der Waals surface area (Å²) in [5.74, 6) is 0. The van der Waals surface area contributed by atoms with Gasteiger partial charge in [-0.3, -0.25) is 10.1 Å². The van der Waals surface area contributed by atoms with E-state index in [-0.39, 0.29) is 16.1 Å². The molecule has 0 unspecified atom stereocenters. The molecule has 0 saturated heterocycles. The Hall–Kier alpha value is -1.14. The molecule has 0 aromatic heterocycles. The molecule has 5 nitrogen and oxygen atoms in total. The highest BCUT2D eigenvalue weighted by molar-refractivity contribution is 9.08. The molecule has 0 atom stereocenters. The van der Waals surface area contributed by atoms with E-state index in [4.69, 9.17) is 0 Å². The number of nitrogens with zero attached hydrogens (tertiary/aromatic N) is 3. The van der Waals surface area contributed by atoms with Crippen molar-refractivity contribution in [2.24, 2.45) is 0 Å². The Bertz CT molecular complexity index is 530. The second kappa shape index (κ2) is 6.32. The van der Waals surface area contributed by atoms with E-state index in [1.165, 1.54) is 19.3 Å². The van der Waals surface area contributed by atoms with E-state index in [1.54, 1.807) is 6.07 Å². The average Bonchev–Trinajstić information content (AvgIpc) is 2.41. The summed E-state index contributed by atoms with van der Waals surface area (Å²) in [6.45, 7) is 0.944. The maximum atomic E-state index is 11.0. The van der Waals surface area contributed by atoms with Gasteiger partial charge < -0.3 is 9.80 Å². The number of likely N-dealkylation sites (N-methyl/N-ethyl adjacent to an activating group) is 2. The van der Waals surface area contributed by atoms with Crippen molar-refractivity contribution >= 4 is 27.3 Å². The summed E-state index contributed by atoms with van der Waals surface area (Å²) < 4.78 is 0. The van der Waals surface area contributed by atoms with Gasteiger partial charge in [0.1, 0.15) is 0 Å². The summed E-state index contributed by atoms with van der Waals surface area (Å²) in [5.41, 5.74) is 2.17. The third-order valence-electron chi connectivity index (χ3n) is 4.61. The zero-order chi connectivity index (χ0) is 15.6. The highest BCUT2D eigenvalue weighted by Crippen LogP contribution is 2.38. The van der Waals surface area contributed by atoms with Gasteiger partial charge in [-0.25, -0.2) is 0 Å². The molecule has 0 bridgehead atoms. The molecule has 116 valence electrons. The lowest BCUT2D eigenvalue weighted by atomic mass is 9.75. The van der Waals surface area contributed by atoms with Gasteiger partial charge in [-0.15, -0.1) is 0 Å². The zero-order valence-electron chi connectivity index (χ0n) is 12.8. The van der Waals surface area contributed by atoms with Crippen molar-refractivity contribution in [2.45, 2.75) is 30.1 Å². The van der Waals surface area contributed by atoms with Crippen LogP contribution in [0.25, 0.3) is 0 Å². The smallest absolute Gasteiger partial charge is 0.273 e. The van der Waals surface area contributed by atoms with Crippen LogP contribution in [-0.4, -0.2) is 43.0 Å². The molecule has 0 heterocycles. The summed E-state index contributed by atoms with van der Waals surface area (Å²) in [6, 6.07) is 5.35. The summed E-state index contributed by atoms with van der Waals surface area (Å²) in [5, 5.41) is 11.5.